The van der Waals surface area contributed by atoms with E-state index in [1.165, 1.54) is 44.5 Å². The molecular weight excluding hydrogens is 556 g/mol. The molecular formula is C44H34N2. The van der Waals surface area contributed by atoms with Gasteiger partial charge in [0.1, 0.15) is 0 Å². The van der Waals surface area contributed by atoms with Gasteiger partial charge in [-0.1, -0.05) is 133 Å². The van der Waals surface area contributed by atoms with Crippen LogP contribution in [-0.2, 0) is 5.41 Å². The minimum absolute atomic E-state index is 0.435. The molecule has 46 heavy (non-hydrogen) atoms. The van der Waals surface area contributed by atoms with Crippen LogP contribution in [0.15, 0.2) is 176 Å². The fourth-order valence-electron chi connectivity index (χ4n) is 7.15. The molecule has 0 radical (unpaired) electrons. The Bertz CT molecular complexity index is 2110. The number of fused-ring (bicyclic) bond motifs is 3. The summed E-state index contributed by atoms with van der Waals surface area (Å²) >= 11 is 0. The quantitative estimate of drug-likeness (QED) is 0.193. The molecule has 7 aromatic rings. The van der Waals surface area contributed by atoms with Crippen LogP contribution in [0, 0.1) is 6.92 Å². The Kier molecular flexibility index (Phi) is 6.96. The van der Waals surface area contributed by atoms with Gasteiger partial charge in [0.25, 0.3) is 0 Å². The summed E-state index contributed by atoms with van der Waals surface area (Å²) in [5.74, 6) is 0. The normalized spacial score (nSPS) is 12.6. The van der Waals surface area contributed by atoms with Crippen LogP contribution in [0.25, 0.3) is 22.3 Å². The first-order valence-electron chi connectivity index (χ1n) is 15.9. The van der Waals surface area contributed by atoms with Gasteiger partial charge >= 0.3 is 0 Å². The molecule has 0 spiro atoms. The Hall–Kier alpha value is -5.86. The lowest BCUT2D eigenvalue weighted by Crippen LogP contribution is -2.28. The van der Waals surface area contributed by atoms with E-state index in [0.29, 0.717) is 0 Å². The number of aryl methyl sites for hydroxylation is 1. The summed E-state index contributed by atoms with van der Waals surface area (Å²) in [6.07, 6.45) is 0. The van der Waals surface area contributed by atoms with Crippen molar-refractivity contribution >= 4 is 22.7 Å². The van der Waals surface area contributed by atoms with E-state index >= 15 is 0 Å². The lowest BCUT2D eigenvalue weighted by molar-refractivity contribution is 0.769. The first kappa shape index (κ1) is 27.7. The smallest absolute Gasteiger partial charge is 0.0714 e. The van der Waals surface area contributed by atoms with Gasteiger partial charge in [-0.15, -0.1) is 0 Å². The van der Waals surface area contributed by atoms with Crippen molar-refractivity contribution in [3.63, 3.8) is 0 Å². The molecule has 0 amide bonds. The Labute approximate surface area is 271 Å². The predicted molar refractivity (Wildman–Crippen MR) is 193 cm³/mol. The van der Waals surface area contributed by atoms with Crippen LogP contribution in [0.3, 0.4) is 0 Å². The summed E-state index contributed by atoms with van der Waals surface area (Å²) < 4.78 is 0. The Morgan fingerprint density at radius 3 is 1.59 bits per heavy atom. The van der Waals surface area contributed by atoms with E-state index < -0.39 is 5.41 Å². The number of hydrogen-bond donors (Lipinski definition) is 2. The molecule has 220 valence electrons. The van der Waals surface area contributed by atoms with Crippen molar-refractivity contribution < 1.29 is 0 Å². The van der Waals surface area contributed by atoms with Gasteiger partial charge in [-0.25, -0.2) is 0 Å². The summed E-state index contributed by atoms with van der Waals surface area (Å²) in [5.41, 5.74) is 15.0. The predicted octanol–water partition coefficient (Wildman–Crippen LogP) is 11.5. The van der Waals surface area contributed by atoms with Crippen LogP contribution in [0.5, 0.6) is 0 Å². The summed E-state index contributed by atoms with van der Waals surface area (Å²) in [6, 6.07) is 63.4. The highest BCUT2D eigenvalue weighted by atomic mass is 14.9. The van der Waals surface area contributed by atoms with Crippen molar-refractivity contribution in [1.82, 2.24) is 0 Å². The second-order valence-corrected chi connectivity index (χ2v) is 12.1. The molecule has 0 unspecified atom stereocenters. The van der Waals surface area contributed by atoms with Crippen LogP contribution in [0.1, 0.15) is 27.8 Å². The highest BCUT2D eigenvalue weighted by Crippen LogP contribution is 2.56. The molecule has 0 fully saturated rings. The average molecular weight is 591 g/mol. The van der Waals surface area contributed by atoms with Gasteiger partial charge in [0.05, 0.1) is 5.41 Å². The van der Waals surface area contributed by atoms with E-state index in [9.17, 15) is 0 Å². The molecule has 0 saturated carbocycles. The number of hydrogen-bond acceptors (Lipinski definition) is 2. The van der Waals surface area contributed by atoms with Gasteiger partial charge in [0.2, 0.25) is 0 Å². The van der Waals surface area contributed by atoms with Gasteiger partial charge in [-0.2, -0.15) is 0 Å². The third-order valence-corrected chi connectivity index (χ3v) is 9.09. The van der Waals surface area contributed by atoms with Crippen LogP contribution in [0.4, 0.5) is 22.7 Å². The monoisotopic (exact) mass is 590 g/mol. The van der Waals surface area contributed by atoms with E-state index in [1.807, 2.05) is 0 Å². The van der Waals surface area contributed by atoms with E-state index in [2.05, 4.69) is 193 Å². The third-order valence-electron chi connectivity index (χ3n) is 9.09. The standard InChI is InChI=1S/C44H34N2/c1-31-14-13-21-36(26-31)45-38-27-33(32-15-5-2-6-16-32)28-39(29-38)46-37-24-25-41-40-22-11-12-23-42(40)44(43(41)30-37,34-17-7-3-8-18-34)35-19-9-4-10-20-35/h2-30,45-46H,1H3. The Balaban J connectivity index is 1.27. The lowest BCUT2D eigenvalue weighted by atomic mass is 9.67. The highest BCUT2D eigenvalue weighted by molar-refractivity contribution is 5.88. The minimum Gasteiger partial charge on any atom is -0.355 e. The number of anilines is 4. The zero-order chi connectivity index (χ0) is 30.9. The number of rotatable bonds is 7. The van der Waals surface area contributed by atoms with Crippen molar-refractivity contribution in [2.24, 2.45) is 0 Å². The van der Waals surface area contributed by atoms with Gasteiger partial charge in [0, 0.05) is 22.7 Å². The van der Waals surface area contributed by atoms with E-state index in [4.69, 9.17) is 0 Å². The highest BCUT2D eigenvalue weighted by Gasteiger charge is 2.46. The van der Waals surface area contributed by atoms with Crippen molar-refractivity contribution in [1.29, 1.82) is 0 Å². The summed E-state index contributed by atoms with van der Waals surface area (Å²) in [6.45, 7) is 2.12. The van der Waals surface area contributed by atoms with E-state index in [-0.39, 0.29) is 0 Å². The van der Waals surface area contributed by atoms with Crippen LogP contribution in [-0.4, -0.2) is 0 Å². The first-order valence-corrected chi connectivity index (χ1v) is 15.9. The molecule has 1 aliphatic rings. The maximum atomic E-state index is 3.81. The Morgan fingerprint density at radius 2 is 0.935 bits per heavy atom. The van der Waals surface area contributed by atoms with Gasteiger partial charge in [-0.3, -0.25) is 0 Å². The third kappa shape index (κ3) is 4.85. The summed E-state index contributed by atoms with van der Waals surface area (Å²) in [4.78, 5) is 0. The molecule has 2 N–H and O–H groups in total. The molecule has 2 heteroatoms. The SMILES string of the molecule is Cc1cccc(Nc2cc(Nc3ccc4c(c3)C(c3ccccc3)(c3ccccc3)c3ccccc3-4)cc(-c3ccccc3)c2)c1. The number of nitrogens with one attached hydrogen (secondary N) is 2. The van der Waals surface area contributed by atoms with Gasteiger partial charge in [-0.05, 0) is 99.5 Å². The lowest BCUT2D eigenvalue weighted by Gasteiger charge is -2.34. The fourth-order valence-corrected chi connectivity index (χ4v) is 7.15. The molecule has 7 aromatic carbocycles. The zero-order valence-electron chi connectivity index (χ0n) is 25.7. The van der Waals surface area contributed by atoms with Crippen LogP contribution in [0.2, 0.25) is 0 Å². The fraction of sp³-hybridized carbons (Fsp3) is 0.0455. The van der Waals surface area contributed by atoms with Gasteiger partial charge in [0.15, 0.2) is 0 Å². The largest absolute Gasteiger partial charge is 0.355 e. The van der Waals surface area contributed by atoms with Crippen molar-refractivity contribution in [3.05, 3.63) is 204 Å². The van der Waals surface area contributed by atoms with Gasteiger partial charge < -0.3 is 10.6 Å². The van der Waals surface area contributed by atoms with Crippen molar-refractivity contribution in [3.8, 4) is 22.3 Å². The minimum atomic E-state index is -0.435. The maximum absolute atomic E-state index is 3.81. The summed E-state index contributed by atoms with van der Waals surface area (Å²) in [5, 5.41) is 7.46. The number of benzene rings is 7. The topological polar surface area (TPSA) is 24.1 Å². The second kappa shape index (κ2) is 11.6. The molecule has 0 saturated heterocycles. The van der Waals surface area contributed by atoms with E-state index in [1.54, 1.807) is 0 Å². The molecule has 1 aliphatic carbocycles. The molecule has 2 nitrogen and oxygen atoms in total. The Morgan fingerprint density at radius 1 is 0.370 bits per heavy atom. The zero-order valence-corrected chi connectivity index (χ0v) is 25.7. The van der Waals surface area contributed by atoms with Crippen LogP contribution >= 0.6 is 0 Å². The van der Waals surface area contributed by atoms with E-state index in [0.717, 1.165) is 28.3 Å². The van der Waals surface area contributed by atoms with Crippen molar-refractivity contribution in [2.45, 2.75) is 12.3 Å². The molecule has 0 aromatic heterocycles. The molecule has 8 rings (SSSR count). The second-order valence-electron chi connectivity index (χ2n) is 12.1. The summed E-state index contributed by atoms with van der Waals surface area (Å²) in [7, 11) is 0. The molecule has 0 atom stereocenters. The molecule has 0 heterocycles. The average Bonchev–Trinajstić information content (AvgIpc) is 3.40. The van der Waals surface area contributed by atoms with Crippen LogP contribution < -0.4 is 10.6 Å². The molecule has 0 bridgehead atoms. The molecule has 0 aliphatic heterocycles. The first-order chi connectivity index (χ1) is 22.7. The van der Waals surface area contributed by atoms with Crippen molar-refractivity contribution in [2.75, 3.05) is 10.6 Å². The maximum Gasteiger partial charge on any atom is 0.0714 e.